The van der Waals surface area contributed by atoms with Crippen LogP contribution in [0.4, 0.5) is 5.69 Å². The highest BCUT2D eigenvalue weighted by Crippen LogP contribution is 2.60. The Morgan fingerprint density at radius 3 is 2.33 bits per heavy atom. The van der Waals surface area contributed by atoms with Crippen LogP contribution in [0.25, 0.3) is 17.0 Å². The highest BCUT2D eigenvalue weighted by molar-refractivity contribution is 7.80. The topological polar surface area (TPSA) is 47.3 Å². The molecule has 4 nitrogen and oxygen atoms in total. The number of nitrogens with zero attached hydrogens (tertiary/aromatic N) is 1. The van der Waals surface area contributed by atoms with Crippen molar-refractivity contribution in [3.05, 3.63) is 74.9 Å². The average Bonchev–Trinajstić information content (AvgIpc) is 3.73. The van der Waals surface area contributed by atoms with Gasteiger partial charge in [0.15, 0.2) is 0 Å². The molecule has 2 aromatic carbocycles. The molecule has 7 rings (SSSR count). The highest BCUT2D eigenvalue weighted by atomic mass is 35.5. The number of rotatable bonds is 9. The second-order valence-electron chi connectivity index (χ2n) is 11.8. The van der Waals surface area contributed by atoms with Gasteiger partial charge in [0.1, 0.15) is 17.2 Å². The first-order chi connectivity index (χ1) is 19.2. The Morgan fingerprint density at radius 1 is 1.05 bits per heavy atom. The van der Waals surface area contributed by atoms with Crippen LogP contribution < -0.4 is 5.32 Å². The van der Waals surface area contributed by atoms with Crippen molar-refractivity contribution in [3.8, 4) is 11.3 Å². The first-order valence-corrected chi connectivity index (χ1v) is 15.6. The van der Waals surface area contributed by atoms with Gasteiger partial charge in [-0.1, -0.05) is 64.8 Å². The molecular formula is C32H33Cl3N2O2S. The quantitative estimate of drug-likeness (QED) is 0.192. The summed E-state index contributed by atoms with van der Waals surface area (Å²) < 4.78 is 11.2. The van der Waals surface area contributed by atoms with Gasteiger partial charge in [0.2, 0.25) is 0 Å². The molecule has 210 valence electrons. The third kappa shape index (κ3) is 5.19. The molecule has 4 aliphatic rings. The molecule has 0 spiro atoms. The Balaban J connectivity index is 1.15. The number of hydrogen-bond donors (Lipinski definition) is 1. The fourth-order valence-corrected chi connectivity index (χ4v) is 7.90. The molecule has 3 aromatic rings. The summed E-state index contributed by atoms with van der Waals surface area (Å²) in [6.45, 7) is 3.91. The zero-order valence-electron chi connectivity index (χ0n) is 22.6. The van der Waals surface area contributed by atoms with Crippen LogP contribution in [-0.4, -0.2) is 17.3 Å². The Kier molecular flexibility index (Phi) is 7.71. The molecule has 4 fully saturated rings. The van der Waals surface area contributed by atoms with E-state index >= 15 is 0 Å². The third-order valence-electron chi connectivity index (χ3n) is 9.54. The number of thiocarbonyl (C=S) groups is 1. The Labute approximate surface area is 256 Å². The largest absolute Gasteiger partial charge is 0.497 e. The van der Waals surface area contributed by atoms with Gasteiger partial charge in [-0.2, -0.15) is 0 Å². The van der Waals surface area contributed by atoms with Gasteiger partial charge in [-0.15, -0.1) is 0 Å². The summed E-state index contributed by atoms with van der Waals surface area (Å²) in [5.74, 6) is 2.09. The van der Waals surface area contributed by atoms with Crippen molar-refractivity contribution in [2.45, 2.75) is 70.1 Å². The van der Waals surface area contributed by atoms with E-state index in [-0.39, 0.29) is 5.41 Å². The van der Waals surface area contributed by atoms with Crippen LogP contribution >= 0.6 is 47.0 Å². The summed E-state index contributed by atoms with van der Waals surface area (Å²) in [7, 11) is 1.61. The summed E-state index contributed by atoms with van der Waals surface area (Å²) in [5, 5.41) is 9.84. The predicted octanol–water partition coefficient (Wildman–Crippen LogP) is 10.5. The van der Waals surface area contributed by atoms with E-state index in [1.807, 2.05) is 36.4 Å². The fraction of sp³-hybridized carbons (Fsp3) is 0.438. The van der Waals surface area contributed by atoms with E-state index in [4.69, 9.17) is 56.3 Å². The van der Waals surface area contributed by atoms with Gasteiger partial charge < -0.3 is 14.6 Å². The summed E-state index contributed by atoms with van der Waals surface area (Å²) in [6.07, 6.45) is 11.1. The van der Waals surface area contributed by atoms with Crippen molar-refractivity contribution in [2.75, 3.05) is 12.4 Å². The van der Waals surface area contributed by atoms with E-state index in [1.54, 1.807) is 7.11 Å². The lowest BCUT2D eigenvalue weighted by Gasteiger charge is -2.54. The maximum atomic E-state index is 6.59. The smallest absolute Gasteiger partial charge is 0.143 e. The molecule has 1 heterocycles. The van der Waals surface area contributed by atoms with E-state index in [2.05, 4.69) is 17.1 Å². The van der Waals surface area contributed by atoms with Gasteiger partial charge in [0.05, 0.1) is 32.9 Å². The molecular weight excluding hydrogens is 583 g/mol. The molecule has 1 aromatic heterocycles. The predicted molar refractivity (Wildman–Crippen MR) is 169 cm³/mol. The van der Waals surface area contributed by atoms with Crippen LogP contribution in [0, 0.1) is 10.8 Å². The number of aromatic nitrogens is 1. The van der Waals surface area contributed by atoms with E-state index in [9.17, 15) is 0 Å². The van der Waals surface area contributed by atoms with Gasteiger partial charge in [-0.25, -0.2) is 0 Å². The molecule has 1 N–H and O–H groups in total. The van der Waals surface area contributed by atoms with Gasteiger partial charge in [0.25, 0.3) is 0 Å². The minimum Gasteiger partial charge on any atom is -0.497 e. The lowest BCUT2D eigenvalue weighted by Crippen LogP contribution is -2.47. The molecule has 40 heavy (non-hydrogen) atoms. The first kappa shape index (κ1) is 28.1. The van der Waals surface area contributed by atoms with Crippen LogP contribution in [0.1, 0.15) is 80.6 Å². The second kappa shape index (κ2) is 11.0. The number of fused-ring (bicyclic) bond motifs is 3. The van der Waals surface area contributed by atoms with E-state index in [0.29, 0.717) is 32.2 Å². The third-order valence-corrected chi connectivity index (χ3v) is 11.0. The van der Waals surface area contributed by atoms with Crippen LogP contribution in [0.3, 0.4) is 0 Å². The van der Waals surface area contributed by atoms with E-state index in [0.717, 1.165) is 78.2 Å². The number of benzene rings is 2. The molecule has 4 aliphatic carbocycles. The second-order valence-corrected chi connectivity index (χ2v) is 13.4. The highest BCUT2D eigenvalue weighted by Gasteiger charge is 2.50. The van der Waals surface area contributed by atoms with Crippen molar-refractivity contribution in [1.82, 2.24) is 5.16 Å². The molecule has 0 aliphatic heterocycles. The molecule has 0 atom stereocenters. The van der Waals surface area contributed by atoms with Crippen LogP contribution in [0.2, 0.25) is 15.1 Å². The zero-order chi connectivity index (χ0) is 28.1. The zero-order valence-corrected chi connectivity index (χ0v) is 25.7. The molecule has 0 unspecified atom stereocenters. The molecule has 8 heteroatoms. The summed E-state index contributed by atoms with van der Waals surface area (Å²) >= 11 is 25.8. The summed E-state index contributed by atoms with van der Waals surface area (Å²) in [4.78, 5) is 0.909. The van der Waals surface area contributed by atoms with Crippen molar-refractivity contribution in [1.29, 1.82) is 0 Å². The number of nitrogens with one attached hydrogen (secondary N) is 1. The van der Waals surface area contributed by atoms with Gasteiger partial charge in [-0.3, -0.25) is 0 Å². The van der Waals surface area contributed by atoms with Crippen LogP contribution in [0.15, 0.2) is 47.5 Å². The maximum absolute atomic E-state index is 6.59. The summed E-state index contributed by atoms with van der Waals surface area (Å²) in [6, 6.07) is 11.4. The average molecular weight is 616 g/mol. The van der Waals surface area contributed by atoms with Crippen molar-refractivity contribution in [3.63, 3.8) is 0 Å². The maximum Gasteiger partial charge on any atom is 0.143 e. The summed E-state index contributed by atoms with van der Waals surface area (Å²) in [5.41, 5.74) is 4.84. The lowest BCUT2D eigenvalue weighted by atomic mass is 9.52. The van der Waals surface area contributed by atoms with Crippen molar-refractivity contribution < 1.29 is 9.26 Å². The fourth-order valence-electron chi connectivity index (χ4n) is 6.68. The SMILES string of the molecule is C=C(OC)c1ccc(NC(=S)C23CCC(CCc4c(-c5c(Cl)cccc5Cl)noc4C4CC4)(CC2)CC3)c(Cl)c1. The standard InChI is InChI=1S/C32H33Cl3N2O2S/c1-19(38-2)21-8-9-26(25(35)18-21)36-30(40)32-15-12-31(13-16-32,14-17-32)11-10-22-28(37-39-29(22)20-6-7-20)27-23(33)4-3-5-24(27)34/h3-5,8-9,18,20H,1,6-7,10-17H2,2H3,(H,36,40). The molecule has 0 saturated heterocycles. The Bertz CT molecular complexity index is 1430. The van der Waals surface area contributed by atoms with Crippen molar-refractivity contribution in [2.24, 2.45) is 10.8 Å². The van der Waals surface area contributed by atoms with Gasteiger partial charge in [0, 0.05) is 28.0 Å². The van der Waals surface area contributed by atoms with Crippen LogP contribution in [-0.2, 0) is 11.2 Å². The number of hydrogen-bond acceptors (Lipinski definition) is 4. The van der Waals surface area contributed by atoms with Gasteiger partial charge >= 0.3 is 0 Å². The first-order valence-electron chi connectivity index (χ1n) is 14.0. The number of anilines is 1. The number of halogens is 3. The van der Waals surface area contributed by atoms with E-state index in [1.165, 1.54) is 24.8 Å². The minimum absolute atomic E-state index is 0.0296. The van der Waals surface area contributed by atoms with Gasteiger partial charge in [-0.05, 0) is 100.0 Å². The normalized spacial score (nSPS) is 23.7. The molecule has 0 radical (unpaired) electrons. The van der Waals surface area contributed by atoms with Crippen molar-refractivity contribution >= 4 is 63.5 Å². The monoisotopic (exact) mass is 614 g/mol. The Morgan fingerprint density at radius 2 is 1.73 bits per heavy atom. The lowest BCUT2D eigenvalue weighted by molar-refractivity contribution is 0.0277. The van der Waals surface area contributed by atoms with E-state index < -0.39 is 0 Å². The minimum atomic E-state index is 0.0296. The number of ether oxygens (including phenoxy) is 1. The Hall–Kier alpha value is -2.05. The molecule has 2 bridgehead atoms. The molecule has 0 amide bonds. The number of methoxy groups -OCH3 is 1. The molecule has 4 saturated carbocycles. The van der Waals surface area contributed by atoms with Crippen LogP contribution in [0.5, 0.6) is 0 Å².